The van der Waals surface area contributed by atoms with Gasteiger partial charge in [-0.3, -0.25) is 4.79 Å². The van der Waals surface area contributed by atoms with Crippen LogP contribution in [0.2, 0.25) is 5.02 Å². The van der Waals surface area contributed by atoms with Crippen molar-refractivity contribution in [3.05, 3.63) is 81.0 Å². The summed E-state index contributed by atoms with van der Waals surface area (Å²) in [5.74, 6) is 0.452. The number of anilines is 2. The Bertz CT molecular complexity index is 1100. The average Bonchev–Trinajstić information content (AvgIpc) is 2.79. The minimum atomic E-state index is -0.430. The van der Waals surface area contributed by atoms with Gasteiger partial charge in [-0.15, -0.1) is 0 Å². The molecule has 0 aliphatic heterocycles. The smallest absolute Gasteiger partial charge is 0.226 e. The normalized spacial score (nSPS) is 10.8. The van der Waals surface area contributed by atoms with Crippen LogP contribution in [-0.2, 0) is 17.9 Å². The number of carbonyl (C=O) groups excluding carboxylic acids is 1. The van der Waals surface area contributed by atoms with Crippen molar-refractivity contribution in [2.24, 2.45) is 5.92 Å². The van der Waals surface area contributed by atoms with Gasteiger partial charge < -0.3 is 20.1 Å². The molecule has 0 saturated heterocycles. The van der Waals surface area contributed by atoms with Crippen molar-refractivity contribution < 1.29 is 18.7 Å². The Balaban J connectivity index is 1.77. The van der Waals surface area contributed by atoms with E-state index in [2.05, 4.69) is 26.6 Å². The largest absolute Gasteiger partial charge is 0.493 e. The number of hydrogen-bond donors (Lipinski definition) is 2. The quantitative estimate of drug-likeness (QED) is 0.309. The van der Waals surface area contributed by atoms with E-state index in [4.69, 9.17) is 21.1 Å². The summed E-state index contributed by atoms with van der Waals surface area (Å²) in [4.78, 5) is 11.9. The fourth-order valence-corrected chi connectivity index (χ4v) is 3.70. The average molecular weight is 536 g/mol. The standard InChI is InChI=1S/C25H25BrClFN2O3/c1-15(2)25(31)30-17-9-7-16(8-10-17)29-13-18-20(26)11-12-23(32-3)24(18)33-14-19-21(27)5-4-6-22(19)28/h4-12,15,29H,13-14H2,1-3H3,(H,30,31). The monoisotopic (exact) mass is 534 g/mol. The van der Waals surface area contributed by atoms with Gasteiger partial charge >= 0.3 is 0 Å². The molecule has 0 bridgehead atoms. The Labute approximate surface area is 206 Å². The molecule has 3 aromatic carbocycles. The predicted octanol–water partition coefficient (Wildman–Crippen LogP) is 7.04. The molecule has 3 rings (SSSR count). The zero-order valence-electron chi connectivity index (χ0n) is 18.5. The molecule has 2 N–H and O–H groups in total. The van der Waals surface area contributed by atoms with Gasteiger partial charge in [-0.1, -0.05) is 47.4 Å². The number of carbonyl (C=O) groups is 1. The van der Waals surface area contributed by atoms with E-state index in [1.165, 1.54) is 6.07 Å². The lowest BCUT2D eigenvalue weighted by Crippen LogP contribution is -2.17. The lowest BCUT2D eigenvalue weighted by molar-refractivity contribution is -0.118. The second kappa shape index (κ2) is 11.4. The van der Waals surface area contributed by atoms with Crippen molar-refractivity contribution in [1.82, 2.24) is 0 Å². The number of amides is 1. The number of methoxy groups -OCH3 is 1. The number of ether oxygens (including phenoxy) is 2. The summed E-state index contributed by atoms with van der Waals surface area (Å²) in [6.45, 7) is 4.06. The number of benzene rings is 3. The minimum Gasteiger partial charge on any atom is -0.493 e. The van der Waals surface area contributed by atoms with Crippen LogP contribution < -0.4 is 20.1 Å². The van der Waals surface area contributed by atoms with Crippen LogP contribution in [0.15, 0.2) is 59.1 Å². The molecule has 174 valence electrons. The Morgan fingerprint density at radius 3 is 2.39 bits per heavy atom. The number of hydrogen-bond acceptors (Lipinski definition) is 4. The molecule has 5 nitrogen and oxygen atoms in total. The van der Waals surface area contributed by atoms with Crippen molar-refractivity contribution in [3.63, 3.8) is 0 Å². The molecule has 0 radical (unpaired) electrons. The van der Waals surface area contributed by atoms with Crippen molar-refractivity contribution in [1.29, 1.82) is 0 Å². The maximum Gasteiger partial charge on any atom is 0.226 e. The molecule has 0 aliphatic carbocycles. The SMILES string of the molecule is COc1ccc(Br)c(CNc2ccc(NC(=O)C(C)C)cc2)c1OCc1c(F)cccc1Cl. The van der Waals surface area contributed by atoms with E-state index >= 15 is 0 Å². The van der Waals surface area contributed by atoms with Gasteiger partial charge in [-0.25, -0.2) is 4.39 Å². The van der Waals surface area contributed by atoms with E-state index in [1.807, 2.05) is 44.2 Å². The van der Waals surface area contributed by atoms with Gasteiger partial charge in [0.05, 0.1) is 12.1 Å². The first-order valence-electron chi connectivity index (χ1n) is 10.4. The van der Waals surface area contributed by atoms with Crippen molar-refractivity contribution >= 4 is 44.8 Å². The summed E-state index contributed by atoms with van der Waals surface area (Å²) >= 11 is 9.71. The first kappa shape index (κ1) is 24.9. The zero-order valence-corrected chi connectivity index (χ0v) is 20.9. The van der Waals surface area contributed by atoms with E-state index in [0.717, 1.165) is 21.4 Å². The molecular formula is C25H25BrClFN2O3. The summed E-state index contributed by atoms with van der Waals surface area (Å²) in [7, 11) is 1.55. The molecule has 0 heterocycles. The first-order valence-corrected chi connectivity index (χ1v) is 11.5. The topological polar surface area (TPSA) is 59.6 Å². The van der Waals surface area contributed by atoms with Gasteiger partial charge in [0.25, 0.3) is 0 Å². The van der Waals surface area contributed by atoms with Gasteiger partial charge in [-0.05, 0) is 48.5 Å². The van der Waals surface area contributed by atoms with Crippen LogP contribution in [0.25, 0.3) is 0 Å². The summed E-state index contributed by atoms with van der Waals surface area (Å²) in [5, 5.41) is 6.50. The summed E-state index contributed by atoms with van der Waals surface area (Å²) in [6, 6.07) is 15.6. The first-order chi connectivity index (χ1) is 15.8. The fourth-order valence-electron chi connectivity index (χ4n) is 3.03. The van der Waals surface area contributed by atoms with E-state index in [1.54, 1.807) is 25.3 Å². The zero-order chi connectivity index (χ0) is 24.0. The third-order valence-electron chi connectivity index (χ3n) is 4.96. The van der Waals surface area contributed by atoms with E-state index < -0.39 is 5.82 Å². The van der Waals surface area contributed by atoms with Gasteiger partial charge in [0, 0.05) is 39.4 Å². The van der Waals surface area contributed by atoms with Gasteiger partial charge in [-0.2, -0.15) is 0 Å². The van der Waals surface area contributed by atoms with Crippen LogP contribution in [0.4, 0.5) is 15.8 Å². The highest BCUT2D eigenvalue weighted by Gasteiger charge is 2.17. The number of rotatable bonds is 9. The highest BCUT2D eigenvalue weighted by atomic mass is 79.9. The van der Waals surface area contributed by atoms with Gasteiger partial charge in [0.2, 0.25) is 5.91 Å². The van der Waals surface area contributed by atoms with Crippen LogP contribution in [0.1, 0.15) is 25.0 Å². The summed E-state index contributed by atoms with van der Waals surface area (Å²) in [5.41, 5.74) is 2.67. The lowest BCUT2D eigenvalue weighted by atomic mass is 10.1. The van der Waals surface area contributed by atoms with Crippen LogP contribution in [0.5, 0.6) is 11.5 Å². The highest BCUT2D eigenvalue weighted by molar-refractivity contribution is 9.10. The Hall–Kier alpha value is -2.77. The predicted molar refractivity (Wildman–Crippen MR) is 134 cm³/mol. The third-order valence-corrected chi connectivity index (χ3v) is 6.05. The molecular weight excluding hydrogens is 511 g/mol. The molecule has 0 spiro atoms. The van der Waals surface area contributed by atoms with Crippen LogP contribution in [-0.4, -0.2) is 13.0 Å². The van der Waals surface area contributed by atoms with Crippen molar-refractivity contribution in [2.75, 3.05) is 17.7 Å². The summed E-state index contributed by atoms with van der Waals surface area (Å²) in [6.07, 6.45) is 0. The van der Waals surface area contributed by atoms with Gasteiger partial charge in [0.1, 0.15) is 12.4 Å². The minimum absolute atomic E-state index is 0.0345. The fraction of sp³-hybridized carbons (Fsp3) is 0.240. The van der Waals surface area contributed by atoms with Crippen molar-refractivity contribution in [2.45, 2.75) is 27.0 Å². The molecule has 8 heteroatoms. The van der Waals surface area contributed by atoms with Crippen LogP contribution in [0, 0.1) is 11.7 Å². The Morgan fingerprint density at radius 1 is 1.06 bits per heavy atom. The second-order valence-corrected chi connectivity index (χ2v) is 8.88. The molecule has 3 aromatic rings. The molecule has 0 aliphatic rings. The highest BCUT2D eigenvalue weighted by Crippen LogP contribution is 2.38. The van der Waals surface area contributed by atoms with Crippen LogP contribution >= 0.6 is 27.5 Å². The molecule has 33 heavy (non-hydrogen) atoms. The Morgan fingerprint density at radius 2 is 1.76 bits per heavy atom. The Kier molecular flexibility index (Phi) is 8.58. The molecule has 0 fully saturated rings. The number of halogens is 3. The maximum absolute atomic E-state index is 14.2. The van der Waals surface area contributed by atoms with E-state index in [-0.39, 0.29) is 24.0 Å². The second-order valence-electron chi connectivity index (χ2n) is 7.62. The molecule has 1 amide bonds. The maximum atomic E-state index is 14.2. The van der Waals surface area contributed by atoms with E-state index in [0.29, 0.717) is 23.1 Å². The summed E-state index contributed by atoms with van der Waals surface area (Å²) < 4.78 is 26.5. The molecule has 0 aromatic heterocycles. The van der Waals surface area contributed by atoms with Crippen molar-refractivity contribution in [3.8, 4) is 11.5 Å². The van der Waals surface area contributed by atoms with E-state index in [9.17, 15) is 9.18 Å². The third kappa shape index (κ3) is 6.39. The molecule has 0 unspecified atom stereocenters. The number of nitrogens with one attached hydrogen (secondary N) is 2. The lowest BCUT2D eigenvalue weighted by Gasteiger charge is -2.18. The molecule has 0 atom stereocenters. The van der Waals surface area contributed by atoms with Crippen LogP contribution in [0.3, 0.4) is 0 Å². The molecule has 0 saturated carbocycles. The van der Waals surface area contributed by atoms with Gasteiger partial charge in [0.15, 0.2) is 11.5 Å².